The molecule has 2 amide bonds. The molecular formula is C30H48N7O20P3S. The van der Waals surface area contributed by atoms with Crippen LogP contribution in [0.2, 0.25) is 0 Å². The number of carbonyl (C=O) groups is 5. The van der Waals surface area contributed by atoms with Gasteiger partial charge in [0.05, 0.1) is 32.6 Å². The van der Waals surface area contributed by atoms with Gasteiger partial charge in [0.2, 0.25) is 11.8 Å². The average molecular weight is 952 g/mol. The molecule has 0 bridgehead atoms. The topological polar surface area (TPSA) is 407 Å². The summed E-state index contributed by atoms with van der Waals surface area (Å²) in [4.78, 5) is 110. The fourth-order valence-corrected chi connectivity index (χ4v) is 8.76. The fraction of sp³-hybridized carbons (Fsp3) is 0.667. The van der Waals surface area contributed by atoms with E-state index in [-0.39, 0.29) is 72.6 Å². The molecule has 2 aromatic heterocycles. The Morgan fingerprint density at radius 3 is 2.36 bits per heavy atom. The molecule has 3 heterocycles. The third-order valence-electron chi connectivity index (χ3n) is 8.26. The molecule has 3 rings (SSSR count). The van der Waals surface area contributed by atoms with Crippen LogP contribution in [0.4, 0.5) is 5.82 Å². The van der Waals surface area contributed by atoms with Crippen LogP contribution in [0.5, 0.6) is 0 Å². The lowest BCUT2D eigenvalue weighted by Crippen LogP contribution is -2.46. The lowest BCUT2D eigenvalue weighted by Gasteiger charge is -2.30. The standard InChI is InChI=1S/C30H48N7O20P3S/c1-17(38)52-10-5-4-6-18(39)12-21(41)61-11-9-32-20(40)7-8-33-28(44)25(43)30(2,3)14-54-60(50,51)57-59(48,49)53-13-19-24(56-58(45,46)47)23(42)29(55-19)37-16-36-22-26(31)34-15-35-27(22)37/h15-16,19,23-25,29,42-43H,4-14H2,1-3H3,(H,32,40)(H,33,44)(H,48,49)(H,50,51)(H2,31,34,35)(H2,45,46,47)/t19-,23-,24-,25+,29-/m1/s1. The van der Waals surface area contributed by atoms with Crippen molar-refractivity contribution in [2.45, 2.75) is 83.5 Å². The Morgan fingerprint density at radius 1 is 1.00 bits per heavy atom. The second-order valence-corrected chi connectivity index (χ2v) is 19.2. The van der Waals surface area contributed by atoms with E-state index >= 15 is 0 Å². The Balaban J connectivity index is 1.41. The molecule has 1 saturated heterocycles. The predicted octanol–water partition coefficient (Wildman–Crippen LogP) is -0.643. The molecule has 2 aromatic rings. The highest BCUT2D eigenvalue weighted by molar-refractivity contribution is 8.13. The Hall–Kier alpha value is -3.30. The number of rotatable bonds is 26. The van der Waals surface area contributed by atoms with Crippen molar-refractivity contribution in [3.8, 4) is 0 Å². The Labute approximate surface area is 351 Å². The number of carbonyl (C=O) groups excluding carboxylic acids is 5. The number of nitrogen functional groups attached to an aromatic ring is 1. The molecule has 27 nitrogen and oxygen atoms in total. The van der Waals surface area contributed by atoms with Gasteiger partial charge in [-0.2, -0.15) is 4.31 Å². The predicted molar refractivity (Wildman–Crippen MR) is 207 cm³/mol. The van der Waals surface area contributed by atoms with Gasteiger partial charge in [0.15, 0.2) is 22.8 Å². The molecule has 2 unspecified atom stereocenters. The fourth-order valence-electron chi connectivity index (χ4n) is 5.24. The molecule has 0 spiro atoms. The smallest absolute Gasteiger partial charge is 0.466 e. The molecule has 7 atom stereocenters. The number of nitrogens with zero attached hydrogens (tertiary/aromatic N) is 4. The van der Waals surface area contributed by atoms with Crippen LogP contribution < -0.4 is 16.4 Å². The van der Waals surface area contributed by atoms with Crippen LogP contribution in [0.15, 0.2) is 12.7 Å². The van der Waals surface area contributed by atoms with Gasteiger partial charge in [-0.15, -0.1) is 0 Å². The lowest BCUT2D eigenvalue weighted by molar-refractivity contribution is -0.141. The minimum Gasteiger partial charge on any atom is -0.466 e. The summed E-state index contributed by atoms with van der Waals surface area (Å²) in [5.41, 5.74) is 4.20. The molecule has 0 aromatic carbocycles. The van der Waals surface area contributed by atoms with Crippen LogP contribution in [0.1, 0.15) is 59.1 Å². The van der Waals surface area contributed by atoms with Crippen LogP contribution in [-0.4, -0.2) is 141 Å². The second kappa shape index (κ2) is 22.9. The van der Waals surface area contributed by atoms with Crippen LogP contribution in [-0.2, 0) is 65.0 Å². The van der Waals surface area contributed by atoms with Gasteiger partial charge in [0.25, 0.3) is 0 Å². The number of hydrogen-bond donors (Lipinski definition) is 9. The van der Waals surface area contributed by atoms with Crippen molar-refractivity contribution >= 4 is 80.9 Å². The molecule has 0 saturated carbocycles. The van der Waals surface area contributed by atoms with E-state index in [1.165, 1.54) is 20.8 Å². The summed E-state index contributed by atoms with van der Waals surface area (Å²) in [7, 11) is -16.5. The highest BCUT2D eigenvalue weighted by Gasteiger charge is 2.50. The first-order chi connectivity index (χ1) is 28.3. The molecule has 10 N–H and O–H groups in total. The summed E-state index contributed by atoms with van der Waals surface area (Å²) in [6.07, 6.45) is -6.28. The molecular weight excluding hydrogens is 903 g/mol. The molecule has 1 aliphatic rings. The number of ether oxygens (including phenoxy) is 2. The first-order valence-electron chi connectivity index (χ1n) is 18.0. The van der Waals surface area contributed by atoms with Gasteiger partial charge < -0.3 is 55.6 Å². The highest BCUT2D eigenvalue weighted by atomic mass is 32.2. The first kappa shape index (κ1) is 52.0. The van der Waals surface area contributed by atoms with Crippen molar-refractivity contribution in [2.24, 2.45) is 5.41 Å². The van der Waals surface area contributed by atoms with E-state index in [2.05, 4.69) is 34.4 Å². The van der Waals surface area contributed by atoms with Gasteiger partial charge in [0.1, 0.15) is 42.0 Å². The van der Waals surface area contributed by atoms with Crippen LogP contribution >= 0.6 is 35.2 Å². The number of esters is 1. The zero-order chi connectivity index (χ0) is 45.8. The average Bonchev–Trinajstić information content (AvgIpc) is 3.71. The van der Waals surface area contributed by atoms with E-state index in [1.807, 2.05) is 0 Å². The van der Waals surface area contributed by atoms with Gasteiger partial charge in [0, 0.05) is 44.0 Å². The SMILES string of the molecule is CC(=O)OCCCCC(=O)CC(=O)SCCNC(=O)CCNC(=O)[C@H](O)C(C)(C)COP(=O)(O)OP(=O)(O)OC[C@H]1O[C@@H](n2cnc3c(N)ncnc32)[C@H](O)[C@@H]1OP(=O)(O)O. The molecule has 61 heavy (non-hydrogen) atoms. The maximum Gasteiger partial charge on any atom is 0.481 e. The Kier molecular flexibility index (Phi) is 19.5. The third kappa shape index (κ3) is 17.4. The van der Waals surface area contributed by atoms with Crippen molar-refractivity contribution in [3.63, 3.8) is 0 Å². The highest BCUT2D eigenvalue weighted by Crippen LogP contribution is 2.61. The number of phosphoric ester groups is 3. The maximum absolute atomic E-state index is 12.7. The molecule has 0 radical (unpaired) electrons. The minimum absolute atomic E-state index is 0.0182. The van der Waals surface area contributed by atoms with Gasteiger partial charge in [-0.3, -0.25) is 42.1 Å². The number of aromatic nitrogens is 4. The normalized spacial score (nSPS) is 20.7. The van der Waals surface area contributed by atoms with Crippen molar-refractivity contribution in [3.05, 3.63) is 12.7 Å². The van der Waals surface area contributed by atoms with E-state index < -0.39 is 90.5 Å². The number of phosphoric acid groups is 3. The van der Waals surface area contributed by atoms with E-state index in [1.54, 1.807) is 0 Å². The summed E-state index contributed by atoms with van der Waals surface area (Å²) in [5.74, 6) is -2.10. The Bertz CT molecular complexity index is 2020. The van der Waals surface area contributed by atoms with E-state index in [9.17, 15) is 67.5 Å². The van der Waals surface area contributed by atoms with Crippen LogP contribution in [0.25, 0.3) is 11.2 Å². The number of anilines is 1. The van der Waals surface area contributed by atoms with E-state index in [0.717, 1.165) is 29.0 Å². The second-order valence-electron chi connectivity index (χ2n) is 13.8. The number of amides is 2. The van der Waals surface area contributed by atoms with Crippen molar-refractivity contribution in [2.75, 3.05) is 44.4 Å². The maximum atomic E-state index is 12.7. The third-order valence-corrected chi connectivity index (χ3v) is 12.2. The lowest BCUT2D eigenvalue weighted by atomic mass is 9.87. The largest absolute Gasteiger partial charge is 0.481 e. The van der Waals surface area contributed by atoms with E-state index in [0.29, 0.717) is 12.8 Å². The zero-order valence-electron chi connectivity index (χ0n) is 32.8. The van der Waals surface area contributed by atoms with Gasteiger partial charge in [-0.25, -0.2) is 28.6 Å². The van der Waals surface area contributed by atoms with Crippen LogP contribution in [0, 0.1) is 5.41 Å². The number of ketones is 1. The van der Waals surface area contributed by atoms with Crippen molar-refractivity contribution in [1.29, 1.82) is 0 Å². The summed E-state index contributed by atoms with van der Waals surface area (Å²) in [6, 6.07) is 0. The number of hydrogen-bond acceptors (Lipinski definition) is 21. The Morgan fingerprint density at radius 2 is 1.69 bits per heavy atom. The molecule has 1 fully saturated rings. The number of aliphatic hydroxyl groups excluding tert-OH is 2. The number of imidazole rings is 1. The minimum atomic E-state index is -5.60. The number of fused-ring (bicyclic) bond motifs is 1. The number of unbranched alkanes of at least 4 members (excludes halogenated alkanes) is 1. The number of nitrogens with one attached hydrogen (secondary N) is 2. The summed E-state index contributed by atoms with van der Waals surface area (Å²) in [5, 5.41) is 25.9. The van der Waals surface area contributed by atoms with Gasteiger partial charge >= 0.3 is 29.4 Å². The number of aliphatic hydroxyl groups is 2. The first-order valence-corrected chi connectivity index (χ1v) is 23.5. The van der Waals surface area contributed by atoms with Gasteiger partial charge in [-0.05, 0) is 12.8 Å². The molecule has 344 valence electrons. The van der Waals surface area contributed by atoms with Crippen molar-refractivity contribution < 1.29 is 94.8 Å². The van der Waals surface area contributed by atoms with E-state index in [4.69, 9.17) is 24.3 Å². The monoisotopic (exact) mass is 951 g/mol. The van der Waals surface area contributed by atoms with Crippen molar-refractivity contribution in [1.82, 2.24) is 30.2 Å². The summed E-state index contributed by atoms with van der Waals surface area (Å²) >= 11 is 0.856. The van der Waals surface area contributed by atoms with Crippen LogP contribution in [0.3, 0.4) is 0 Å². The number of Topliss-reactive ketones (excluding diaryl/α,β-unsaturated/α-hetero) is 1. The molecule has 1 aliphatic heterocycles. The molecule has 0 aliphatic carbocycles. The summed E-state index contributed by atoms with van der Waals surface area (Å²) < 4.78 is 66.9. The zero-order valence-corrected chi connectivity index (χ0v) is 36.3. The van der Waals surface area contributed by atoms with Gasteiger partial charge in [-0.1, -0.05) is 25.6 Å². The number of thioether (sulfide) groups is 1. The molecule has 31 heteroatoms. The summed E-state index contributed by atoms with van der Waals surface area (Å²) in [6.45, 7) is 1.66. The quantitative estimate of drug-likeness (QED) is 0.0245. The number of nitrogens with two attached hydrogens (primary N) is 1.